The van der Waals surface area contributed by atoms with Gasteiger partial charge in [-0.3, -0.25) is 4.79 Å². The number of carbonyl (C=O) groups excluding carboxylic acids is 1. The minimum Gasteiger partial charge on any atom is -0.495 e. The fourth-order valence-electron chi connectivity index (χ4n) is 3.68. The molecule has 0 N–H and O–H groups in total. The molecule has 2 heterocycles. The van der Waals surface area contributed by atoms with Crippen molar-refractivity contribution < 1.29 is 27.4 Å². The van der Waals surface area contributed by atoms with Gasteiger partial charge in [-0.1, -0.05) is 11.3 Å². The van der Waals surface area contributed by atoms with Crippen LogP contribution in [0.3, 0.4) is 0 Å². The predicted octanol–water partition coefficient (Wildman–Crippen LogP) is 1.86. The third-order valence-electron chi connectivity index (χ3n) is 5.26. The molecule has 2 aromatic rings. The highest BCUT2D eigenvalue weighted by molar-refractivity contribution is 7.88. The number of ether oxygens (including phenoxy) is 3. The number of benzene rings is 1. The van der Waals surface area contributed by atoms with Gasteiger partial charge in [0.25, 0.3) is 5.91 Å². The van der Waals surface area contributed by atoms with Crippen LogP contribution in [0.1, 0.15) is 19.8 Å². The zero-order valence-corrected chi connectivity index (χ0v) is 19.9. The first-order valence-corrected chi connectivity index (χ1v) is 12.8. The van der Waals surface area contributed by atoms with Gasteiger partial charge in [-0.25, -0.2) is 12.7 Å². The SMILES string of the molecule is CCOCCn1c(=NC(=O)C2CCCN(S(C)(=O)=O)C2)sc2c(OC)ccc(OC)c21. The van der Waals surface area contributed by atoms with Crippen LogP contribution in [-0.2, 0) is 26.1 Å². The van der Waals surface area contributed by atoms with E-state index in [0.717, 1.165) is 10.2 Å². The highest BCUT2D eigenvalue weighted by Crippen LogP contribution is 2.35. The molecule has 3 rings (SSSR count). The number of nitrogens with zero attached hydrogens (tertiary/aromatic N) is 3. The number of aromatic nitrogens is 1. The van der Waals surface area contributed by atoms with Crippen LogP contribution >= 0.6 is 11.3 Å². The van der Waals surface area contributed by atoms with Crippen molar-refractivity contribution in [3.05, 3.63) is 16.9 Å². The van der Waals surface area contributed by atoms with Crippen molar-refractivity contribution in [2.45, 2.75) is 26.3 Å². The number of fused-ring (bicyclic) bond motifs is 1. The molecule has 0 spiro atoms. The highest BCUT2D eigenvalue weighted by atomic mass is 32.2. The molecule has 1 saturated heterocycles. The molecule has 31 heavy (non-hydrogen) atoms. The Kier molecular flexibility index (Phi) is 7.73. The molecule has 1 aliphatic heterocycles. The highest BCUT2D eigenvalue weighted by Gasteiger charge is 2.30. The maximum atomic E-state index is 13.0. The fraction of sp³-hybridized carbons (Fsp3) is 0.600. The van der Waals surface area contributed by atoms with E-state index in [1.807, 2.05) is 23.6 Å². The van der Waals surface area contributed by atoms with E-state index >= 15 is 0 Å². The second kappa shape index (κ2) is 10.1. The van der Waals surface area contributed by atoms with E-state index in [4.69, 9.17) is 14.2 Å². The average Bonchev–Trinajstić information content (AvgIpc) is 3.11. The molecule has 172 valence electrons. The van der Waals surface area contributed by atoms with Crippen LogP contribution in [0.25, 0.3) is 10.2 Å². The van der Waals surface area contributed by atoms with Crippen molar-refractivity contribution in [1.82, 2.24) is 8.87 Å². The van der Waals surface area contributed by atoms with Gasteiger partial charge in [0.15, 0.2) is 4.80 Å². The topological polar surface area (TPSA) is 99.4 Å². The second-order valence-corrected chi connectivity index (χ2v) is 10.3. The summed E-state index contributed by atoms with van der Waals surface area (Å²) < 4.78 is 44.5. The van der Waals surface area contributed by atoms with Gasteiger partial charge in [-0.15, -0.1) is 0 Å². The first-order chi connectivity index (χ1) is 14.8. The normalized spacial score (nSPS) is 18.5. The van der Waals surface area contributed by atoms with E-state index < -0.39 is 15.9 Å². The largest absolute Gasteiger partial charge is 0.495 e. The molecule has 0 bridgehead atoms. The monoisotopic (exact) mass is 471 g/mol. The fourth-order valence-corrected chi connectivity index (χ4v) is 5.76. The Morgan fingerprint density at radius 3 is 2.61 bits per heavy atom. The van der Waals surface area contributed by atoms with Crippen LogP contribution in [0, 0.1) is 5.92 Å². The Morgan fingerprint density at radius 2 is 1.97 bits per heavy atom. The summed E-state index contributed by atoms with van der Waals surface area (Å²) in [5, 5.41) is 0. The molecule has 1 aliphatic rings. The maximum absolute atomic E-state index is 13.0. The first-order valence-electron chi connectivity index (χ1n) is 10.2. The molecule has 0 aliphatic carbocycles. The lowest BCUT2D eigenvalue weighted by Gasteiger charge is -2.28. The van der Waals surface area contributed by atoms with Crippen molar-refractivity contribution >= 4 is 37.5 Å². The zero-order chi connectivity index (χ0) is 22.6. The van der Waals surface area contributed by atoms with Crippen molar-refractivity contribution in [3.63, 3.8) is 0 Å². The number of carbonyl (C=O) groups is 1. The van der Waals surface area contributed by atoms with E-state index in [2.05, 4.69) is 4.99 Å². The first kappa shape index (κ1) is 23.7. The van der Waals surface area contributed by atoms with Gasteiger partial charge < -0.3 is 18.8 Å². The molecule has 1 aromatic carbocycles. The summed E-state index contributed by atoms with van der Waals surface area (Å²) in [6, 6.07) is 3.64. The number of hydrogen-bond acceptors (Lipinski definition) is 7. The molecule has 0 radical (unpaired) electrons. The third kappa shape index (κ3) is 5.28. The number of methoxy groups -OCH3 is 2. The lowest BCUT2D eigenvalue weighted by molar-refractivity contribution is -0.122. The molecule has 9 nitrogen and oxygen atoms in total. The Morgan fingerprint density at radius 1 is 1.26 bits per heavy atom. The molecule has 1 amide bonds. The summed E-state index contributed by atoms with van der Waals surface area (Å²) >= 11 is 1.34. The van der Waals surface area contributed by atoms with Crippen molar-refractivity contribution in [3.8, 4) is 11.5 Å². The van der Waals surface area contributed by atoms with Gasteiger partial charge in [0.1, 0.15) is 21.7 Å². The number of sulfonamides is 1. The minimum atomic E-state index is -3.34. The van der Waals surface area contributed by atoms with Crippen LogP contribution < -0.4 is 14.3 Å². The Balaban J connectivity index is 2.06. The van der Waals surface area contributed by atoms with Gasteiger partial charge in [0.05, 0.1) is 33.0 Å². The standard InChI is InChI=1S/C20H29N3O6S2/c1-5-29-12-11-23-17-15(27-2)8-9-16(28-3)18(17)30-20(23)21-19(24)14-7-6-10-22(13-14)31(4,25)26/h8-9,14H,5-7,10-13H2,1-4H3. The zero-order valence-electron chi connectivity index (χ0n) is 18.3. The van der Waals surface area contributed by atoms with E-state index in [1.165, 1.54) is 21.9 Å². The number of amides is 1. The van der Waals surface area contributed by atoms with Gasteiger partial charge >= 0.3 is 0 Å². The average molecular weight is 472 g/mol. The van der Waals surface area contributed by atoms with Crippen LogP contribution in [0.15, 0.2) is 17.1 Å². The summed E-state index contributed by atoms with van der Waals surface area (Å²) in [4.78, 5) is 18.0. The number of piperidine rings is 1. The third-order valence-corrected chi connectivity index (χ3v) is 7.63. The van der Waals surface area contributed by atoms with Gasteiger partial charge in [-0.2, -0.15) is 4.99 Å². The molecule has 1 atom stereocenters. The summed E-state index contributed by atoms with van der Waals surface area (Å²) in [6.45, 7) is 4.05. The number of rotatable bonds is 8. The minimum absolute atomic E-state index is 0.164. The Bertz CT molecular complexity index is 1110. The van der Waals surface area contributed by atoms with Crippen molar-refractivity contribution in [2.24, 2.45) is 10.9 Å². The van der Waals surface area contributed by atoms with Crippen LogP contribution in [0.5, 0.6) is 11.5 Å². The number of thiazole rings is 1. The maximum Gasteiger partial charge on any atom is 0.252 e. The quantitative estimate of drug-likeness (QED) is 0.545. The van der Waals surface area contributed by atoms with Crippen LogP contribution in [0.2, 0.25) is 0 Å². The molecule has 11 heteroatoms. The summed E-state index contributed by atoms with van der Waals surface area (Å²) in [7, 11) is -0.154. The Hall–Kier alpha value is -1.95. The Labute approximate surface area is 186 Å². The van der Waals surface area contributed by atoms with Gasteiger partial charge in [-0.05, 0) is 31.9 Å². The second-order valence-electron chi connectivity index (χ2n) is 7.29. The predicted molar refractivity (Wildman–Crippen MR) is 119 cm³/mol. The molecule has 1 unspecified atom stereocenters. The lowest BCUT2D eigenvalue weighted by Crippen LogP contribution is -2.41. The molecule has 0 saturated carbocycles. The van der Waals surface area contributed by atoms with Gasteiger partial charge in [0, 0.05) is 26.2 Å². The molecule has 1 fully saturated rings. The smallest absolute Gasteiger partial charge is 0.252 e. The molecular weight excluding hydrogens is 442 g/mol. The summed E-state index contributed by atoms with van der Waals surface area (Å²) in [5.74, 6) is 0.542. The van der Waals surface area contributed by atoms with Crippen LogP contribution in [-0.4, -0.2) is 70.0 Å². The summed E-state index contributed by atoms with van der Waals surface area (Å²) in [6.07, 6.45) is 2.42. The molecule has 1 aromatic heterocycles. The van der Waals surface area contributed by atoms with E-state index in [1.54, 1.807) is 14.2 Å². The van der Waals surface area contributed by atoms with Crippen molar-refractivity contribution in [1.29, 1.82) is 0 Å². The van der Waals surface area contributed by atoms with E-state index in [0.29, 0.717) is 55.4 Å². The van der Waals surface area contributed by atoms with E-state index in [-0.39, 0.29) is 12.5 Å². The lowest BCUT2D eigenvalue weighted by atomic mass is 9.99. The number of hydrogen-bond donors (Lipinski definition) is 0. The summed E-state index contributed by atoms with van der Waals surface area (Å²) in [5.41, 5.74) is 0.791. The van der Waals surface area contributed by atoms with E-state index in [9.17, 15) is 13.2 Å². The van der Waals surface area contributed by atoms with Gasteiger partial charge in [0.2, 0.25) is 10.0 Å². The van der Waals surface area contributed by atoms with Crippen molar-refractivity contribution in [2.75, 3.05) is 46.8 Å². The van der Waals surface area contributed by atoms with Crippen LogP contribution in [0.4, 0.5) is 0 Å². The molecular formula is C20H29N3O6S2.